The summed E-state index contributed by atoms with van der Waals surface area (Å²) in [4.78, 5) is 37.7. The van der Waals surface area contributed by atoms with Crippen molar-refractivity contribution in [3.8, 4) is 0 Å². The van der Waals surface area contributed by atoms with Crippen LogP contribution in [0.5, 0.6) is 0 Å². The Hall–Kier alpha value is -2.52. The smallest absolute Gasteiger partial charge is 0.248 e. The summed E-state index contributed by atoms with van der Waals surface area (Å²) in [6.07, 6.45) is 6.21. The van der Waals surface area contributed by atoms with Crippen LogP contribution in [-0.4, -0.2) is 68.8 Å². The second-order valence-electron chi connectivity index (χ2n) is 14.2. The maximum atomic E-state index is 13.9. The van der Waals surface area contributed by atoms with Gasteiger partial charge in [-0.25, -0.2) is 13.8 Å². The number of carbonyl (C=O) groups is 2. The van der Waals surface area contributed by atoms with Gasteiger partial charge in [-0.15, -0.1) is 0 Å². The molecule has 4 aliphatic rings. The number of hydrogen-bond donors (Lipinski definition) is 0. The lowest BCUT2D eigenvalue weighted by Gasteiger charge is -2.41. The van der Waals surface area contributed by atoms with Crippen molar-refractivity contribution >= 4 is 29.1 Å². The first-order valence-electron chi connectivity index (χ1n) is 17.0. The van der Waals surface area contributed by atoms with Crippen molar-refractivity contribution in [3.05, 3.63) is 46.0 Å². The van der Waals surface area contributed by atoms with Gasteiger partial charge in [-0.1, -0.05) is 31.5 Å². The van der Waals surface area contributed by atoms with Gasteiger partial charge in [0.25, 0.3) is 0 Å². The molecule has 0 radical (unpaired) electrons. The van der Waals surface area contributed by atoms with Crippen molar-refractivity contribution < 1.29 is 18.4 Å². The zero-order valence-electron chi connectivity index (χ0n) is 27.2. The number of fused-ring (bicyclic) bond motifs is 3. The second-order valence-corrected chi connectivity index (χ2v) is 14.6. The average Bonchev–Trinajstić information content (AvgIpc) is 3.45. The number of aryl methyl sites for hydroxylation is 2. The molecule has 1 unspecified atom stereocenters. The van der Waals surface area contributed by atoms with E-state index in [9.17, 15) is 18.4 Å². The summed E-state index contributed by atoms with van der Waals surface area (Å²) in [5.41, 5.74) is 4.07. The summed E-state index contributed by atoms with van der Waals surface area (Å²) in [5, 5.41) is 0.608. The van der Waals surface area contributed by atoms with Crippen LogP contribution in [0, 0.1) is 25.7 Å². The number of aromatic nitrogens is 2. The average molecular weight is 644 g/mol. The molecule has 1 aliphatic carbocycles. The lowest BCUT2D eigenvalue weighted by molar-refractivity contribution is -0.135. The quantitative estimate of drug-likeness (QED) is 0.308. The molecule has 246 valence electrons. The van der Waals surface area contributed by atoms with E-state index < -0.39 is 5.92 Å². The Kier molecular flexibility index (Phi) is 9.32. The molecule has 3 atom stereocenters. The molecule has 0 N–H and O–H groups in total. The molecule has 3 fully saturated rings. The van der Waals surface area contributed by atoms with Crippen molar-refractivity contribution in [1.29, 1.82) is 0 Å². The van der Waals surface area contributed by atoms with Crippen LogP contribution in [0.25, 0.3) is 0 Å². The number of benzene rings is 1. The van der Waals surface area contributed by atoms with Gasteiger partial charge in [0.1, 0.15) is 5.82 Å². The van der Waals surface area contributed by atoms with Crippen molar-refractivity contribution in [2.45, 2.75) is 122 Å². The highest BCUT2D eigenvalue weighted by atomic mass is 35.5. The van der Waals surface area contributed by atoms with Crippen LogP contribution in [0.15, 0.2) is 18.2 Å². The zero-order chi connectivity index (χ0) is 32.0. The first kappa shape index (κ1) is 32.4. The Bertz CT molecular complexity index is 1400. The van der Waals surface area contributed by atoms with Gasteiger partial charge in [-0.05, 0) is 76.5 Å². The molecule has 1 saturated carbocycles. The number of amides is 2. The summed E-state index contributed by atoms with van der Waals surface area (Å²) >= 11 is 6.46. The van der Waals surface area contributed by atoms with E-state index in [1.54, 1.807) is 0 Å². The Balaban J connectivity index is 1.11. The number of carbonyl (C=O) groups excluding carboxylic acids is 2. The molecule has 10 heteroatoms. The summed E-state index contributed by atoms with van der Waals surface area (Å²) in [6, 6.07) is 7.10. The highest BCUT2D eigenvalue weighted by molar-refractivity contribution is 6.31. The van der Waals surface area contributed by atoms with Gasteiger partial charge in [0.05, 0.1) is 12.2 Å². The van der Waals surface area contributed by atoms with E-state index in [4.69, 9.17) is 16.6 Å². The molecule has 0 spiro atoms. The molecule has 2 amide bonds. The van der Waals surface area contributed by atoms with E-state index >= 15 is 0 Å². The highest BCUT2D eigenvalue weighted by Gasteiger charge is 2.43. The number of rotatable bonds is 8. The molecule has 6 rings (SSSR count). The molecule has 1 aromatic heterocycles. The van der Waals surface area contributed by atoms with Crippen molar-refractivity contribution in [2.24, 2.45) is 11.8 Å². The molecule has 45 heavy (non-hydrogen) atoms. The standard InChI is InChI=1S/C35H48ClF2N5O2/c1-22(2)33(44)40-17-12-32-31(21-40)39-24(4)43(32)29-18-26-8-9-27(19-29)41(26)15-5-16-42(28-7-6-23(3)30(36)20-28)34(45)25-10-13-35(37,38)14-11-25/h6-7,20,22,25-27,29H,5,8-19,21H2,1-4H3/t26-,27+,29?. The molecule has 3 aliphatic heterocycles. The largest absolute Gasteiger partial charge is 0.336 e. The summed E-state index contributed by atoms with van der Waals surface area (Å²) in [7, 11) is 0. The third-order valence-electron chi connectivity index (χ3n) is 10.9. The van der Waals surface area contributed by atoms with Gasteiger partial charge in [0, 0.05) is 85.3 Å². The molecular formula is C35H48ClF2N5O2. The van der Waals surface area contributed by atoms with Crippen LogP contribution in [0.2, 0.25) is 5.02 Å². The molecule has 2 saturated heterocycles. The van der Waals surface area contributed by atoms with Crippen molar-refractivity contribution in [3.63, 3.8) is 0 Å². The minimum atomic E-state index is -2.66. The first-order valence-corrected chi connectivity index (χ1v) is 17.4. The minimum absolute atomic E-state index is 0.00476. The predicted octanol–water partition coefficient (Wildman–Crippen LogP) is 7.11. The van der Waals surface area contributed by atoms with E-state index in [1.165, 1.54) is 18.5 Å². The molecule has 1 aromatic carbocycles. The first-order chi connectivity index (χ1) is 21.4. The fourth-order valence-corrected chi connectivity index (χ4v) is 8.61. The van der Waals surface area contributed by atoms with Crippen LogP contribution < -0.4 is 4.90 Å². The zero-order valence-corrected chi connectivity index (χ0v) is 28.0. The SMILES string of the molecule is Cc1ccc(N(CCCN2[C@@H]3CC[C@H]2CC(n2c(C)nc4c2CCN(C(=O)C(C)C)C4)C3)C(=O)C2CCC(F)(F)CC2)cc1Cl. The molecule has 7 nitrogen and oxygen atoms in total. The van der Waals surface area contributed by atoms with Crippen molar-refractivity contribution in [1.82, 2.24) is 19.4 Å². The van der Waals surface area contributed by atoms with Crippen LogP contribution in [-0.2, 0) is 22.6 Å². The Morgan fingerprint density at radius 3 is 2.40 bits per heavy atom. The predicted molar refractivity (Wildman–Crippen MR) is 173 cm³/mol. The Morgan fingerprint density at radius 1 is 1.07 bits per heavy atom. The third-order valence-corrected chi connectivity index (χ3v) is 11.3. The van der Waals surface area contributed by atoms with Crippen LogP contribution >= 0.6 is 11.6 Å². The second kappa shape index (κ2) is 12.9. The van der Waals surface area contributed by atoms with Gasteiger partial charge >= 0.3 is 0 Å². The van der Waals surface area contributed by atoms with E-state index in [0.29, 0.717) is 36.2 Å². The molecule has 2 bridgehead atoms. The Morgan fingerprint density at radius 2 is 1.76 bits per heavy atom. The van der Waals surface area contributed by atoms with E-state index in [0.717, 1.165) is 61.5 Å². The molecular weight excluding hydrogens is 596 g/mol. The van der Waals surface area contributed by atoms with E-state index in [2.05, 4.69) is 16.4 Å². The van der Waals surface area contributed by atoms with Gasteiger partial charge in [0.2, 0.25) is 17.7 Å². The minimum Gasteiger partial charge on any atom is -0.336 e. The number of imidazole rings is 1. The summed E-state index contributed by atoms with van der Waals surface area (Å²) < 4.78 is 30.2. The normalized spacial score (nSPS) is 25.1. The fraction of sp³-hybridized carbons (Fsp3) is 0.686. The van der Waals surface area contributed by atoms with Gasteiger partial charge < -0.3 is 14.4 Å². The monoisotopic (exact) mass is 643 g/mol. The van der Waals surface area contributed by atoms with Gasteiger partial charge in [-0.2, -0.15) is 0 Å². The summed E-state index contributed by atoms with van der Waals surface area (Å²) in [5.74, 6) is -1.84. The van der Waals surface area contributed by atoms with Gasteiger partial charge in [0.15, 0.2) is 0 Å². The lowest BCUT2D eigenvalue weighted by atomic mass is 9.85. The van der Waals surface area contributed by atoms with E-state index in [-0.39, 0.29) is 49.3 Å². The van der Waals surface area contributed by atoms with Gasteiger partial charge in [-0.3, -0.25) is 14.5 Å². The maximum Gasteiger partial charge on any atom is 0.248 e. The highest BCUT2D eigenvalue weighted by Crippen LogP contribution is 2.43. The fourth-order valence-electron chi connectivity index (χ4n) is 8.43. The number of alkyl halides is 2. The third kappa shape index (κ3) is 6.67. The van der Waals surface area contributed by atoms with Crippen molar-refractivity contribution in [2.75, 3.05) is 24.5 Å². The maximum absolute atomic E-state index is 13.9. The summed E-state index contributed by atoms with van der Waals surface area (Å²) in [6.45, 7) is 10.8. The number of piperidine rings is 1. The lowest BCUT2D eigenvalue weighted by Crippen LogP contribution is -2.46. The topological polar surface area (TPSA) is 61.7 Å². The molecule has 2 aromatic rings. The number of hydrogen-bond acceptors (Lipinski definition) is 4. The molecule has 4 heterocycles. The van der Waals surface area contributed by atoms with E-state index in [1.807, 2.05) is 48.8 Å². The van der Waals surface area contributed by atoms with Crippen LogP contribution in [0.1, 0.15) is 100 Å². The Labute approximate surface area is 271 Å². The van der Waals surface area contributed by atoms with Crippen LogP contribution in [0.3, 0.4) is 0 Å². The van der Waals surface area contributed by atoms with Crippen LogP contribution in [0.4, 0.5) is 14.5 Å². The number of anilines is 1. The number of halogens is 3. The number of nitrogens with zero attached hydrogens (tertiary/aromatic N) is 5.